The van der Waals surface area contributed by atoms with Crippen molar-refractivity contribution in [1.82, 2.24) is 19.4 Å². The number of oxazole rings is 1. The van der Waals surface area contributed by atoms with Crippen molar-refractivity contribution in [3.63, 3.8) is 0 Å². The van der Waals surface area contributed by atoms with Gasteiger partial charge in [-0.15, -0.1) is 0 Å². The van der Waals surface area contributed by atoms with Crippen molar-refractivity contribution < 1.29 is 13.9 Å². The molecule has 0 fully saturated rings. The summed E-state index contributed by atoms with van der Waals surface area (Å²) in [4.78, 5) is 22.5. The van der Waals surface area contributed by atoms with E-state index >= 15 is 0 Å². The SMILES string of the molecule is CCOCc1cnc2n1CCN(C(=O)c1cocn1)C2C. The Hall–Kier alpha value is -2.15. The first-order valence-electron chi connectivity index (χ1n) is 7.03. The van der Waals surface area contributed by atoms with Crippen molar-refractivity contribution in [3.05, 3.63) is 36.1 Å². The van der Waals surface area contributed by atoms with Crippen molar-refractivity contribution in [2.24, 2.45) is 0 Å². The van der Waals surface area contributed by atoms with E-state index in [1.807, 2.05) is 20.0 Å². The fraction of sp³-hybridized carbons (Fsp3) is 0.500. The number of nitrogens with zero attached hydrogens (tertiary/aromatic N) is 4. The summed E-state index contributed by atoms with van der Waals surface area (Å²) in [5.74, 6) is 0.754. The zero-order valence-electron chi connectivity index (χ0n) is 12.2. The van der Waals surface area contributed by atoms with E-state index in [0.29, 0.717) is 32.0 Å². The largest absolute Gasteiger partial charge is 0.451 e. The van der Waals surface area contributed by atoms with Crippen molar-refractivity contribution >= 4 is 5.91 Å². The van der Waals surface area contributed by atoms with Gasteiger partial charge in [0.05, 0.1) is 24.5 Å². The number of aromatic nitrogens is 3. The van der Waals surface area contributed by atoms with Crippen molar-refractivity contribution in [3.8, 4) is 0 Å². The topological polar surface area (TPSA) is 73.4 Å². The molecule has 0 aromatic carbocycles. The van der Waals surface area contributed by atoms with Crippen LogP contribution in [0.3, 0.4) is 0 Å². The van der Waals surface area contributed by atoms with Gasteiger partial charge in [0.1, 0.15) is 12.1 Å². The van der Waals surface area contributed by atoms with Gasteiger partial charge in [0.15, 0.2) is 12.1 Å². The Morgan fingerprint density at radius 2 is 2.33 bits per heavy atom. The Balaban J connectivity index is 1.81. The number of ether oxygens (including phenoxy) is 1. The van der Waals surface area contributed by atoms with E-state index < -0.39 is 0 Å². The molecule has 2 aromatic heterocycles. The molecule has 7 heteroatoms. The van der Waals surface area contributed by atoms with Crippen molar-refractivity contribution in [1.29, 1.82) is 0 Å². The molecule has 0 N–H and O–H groups in total. The second kappa shape index (κ2) is 5.69. The summed E-state index contributed by atoms with van der Waals surface area (Å²) in [5.41, 5.74) is 1.38. The molecule has 1 atom stereocenters. The molecule has 21 heavy (non-hydrogen) atoms. The first kappa shape index (κ1) is 13.8. The number of fused-ring (bicyclic) bond motifs is 1. The second-order valence-corrected chi connectivity index (χ2v) is 4.94. The lowest BCUT2D eigenvalue weighted by molar-refractivity contribution is 0.0624. The van der Waals surface area contributed by atoms with Gasteiger partial charge in [-0.05, 0) is 13.8 Å². The molecule has 0 radical (unpaired) electrons. The molecule has 2 aromatic rings. The smallest absolute Gasteiger partial charge is 0.276 e. The van der Waals surface area contributed by atoms with Gasteiger partial charge < -0.3 is 18.6 Å². The van der Waals surface area contributed by atoms with Crippen molar-refractivity contribution in [2.45, 2.75) is 33.0 Å². The number of carbonyl (C=O) groups excluding carboxylic acids is 1. The van der Waals surface area contributed by atoms with Crippen LogP contribution in [0.15, 0.2) is 23.3 Å². The highest BCUT2D eigenvalue weighted by Crippen LogP contribution is 2.26. The number of amides is 1. The third-order valence-corrected chi connectivity index (χ3v) is 3.74. The van der Waals surface area contributed by atoms with Crippen LogP contribution in [0, 0.1) is 0 Å². The molecular weight excluding hydrogens is 272 g/mol. The van der Waals surface area contributed by atoms with Crippen LogP contribution >= 0.6 is 0 Å². The van der Waals surface area contributed by atoms with Gasteiger partial charge in [-0.2, -0.15) is 0 Å². The van der Waals surface area contributed by atoms with E-state index in [1.165, 1.54) is 12.7 Å². The summed E-state index contributed by atoms with van der Waals surface area (Å²) in [5, 5.41) is 0. The predicted molar refractivity (Wildman–Crippen MR) is 73.5 cm³/mol. The number of rotatable bonds is 4. The molecule has 3 heterocycles. The van der Waals surface area contributed by atoms with Crippen molar-refractivity contribution in [2.75, 3.05) is 13.2 Å². The van der Waals surface area contributed by atoms with Crippen LogP contribution in [0.4, 0.5) is 0 Å². The Bertz CT molecular complexity index is 620. The van der Waals surface area contributed by atoms with Gasteiger partial charge in [0.25, 0.3) is 5.91 Å². The molecule has 3 rings (SSSR count). The second-order valence-electron chi connectivity index (χ2n) is 4.94. The number of hydrogen-bond donors (Lipinski definition) is 0. The predicted octanol–water partition coefficient (Wildman–Crippen LogP) is 1.62. The molecule has 1 amide bonds. The zero-order valence-corrected chi connectivity index (χ0v) is 12.2. The molecule has 0 aliphatic carbocycles. The minimum absolute atomic E-state index is 0.0988. The summed E-state index contributed by atoms with van der Waals surface area (Å²) in [7, 11) is 0. The maximum atomic E-state index is 12.4. The summed E-state index contributed by atoms with van der Waals surface area (Å²) in [6, 6.07) is -0.0988. The van der Waals surface area contributed by atoms with E-state index in [2.05, 4.69) is 14.5 Å². The monoisotopic (exact) mass is 290 g/mol. The van der Waals surface area contributed by atoms with Gasteiger partial charge in [0.2, 0.25) is 0 Å². The van der Waals surface area contributed by atoms with E-state index in [9.17, 15) is 4.79 Å². The average Bonchev–Trinajstić information content (AvgIpc) is 3.15. The van der Waals surface area contributed by atoms with Crippen LogP contribution in [-0.2, 0) is 17.9 Å². The van der Waals surface area contributed by atoms with E-state index in [4.69, 9.17) is 9.15 Å². The molecule has 1 aliphatic heterocycles. The highest BCUT2D eigenvalue weighted by atomic mass is 16.5. The first-order valence-corrected chi connectivity index (χ1v) is 7.03. The Morgan fingerprint density at radius 1 is 1.48 bits per heavy atom. The molecule has 0 bridgehead atoms. The van der Waals surface area contributed by atoms with Crippen LogP contribution in [0.1, 0.15) is 41.9 Å². The lowest BCUT2D eigenvalue weighted by atomic mass is 10.2. The fourth-order valence-corrected chi connectivity index (χ4v) is 2.62. The molecular formula is C14H18N4O3. The molecule has 0 saturated carbocycles. The van der Waals surface area contributed by atoms with Gasteiger partial charge in [-0.25, -0.2) is 9.97 Å². The third kappa shape index (κ3) is 2.44. The molecule has 1 aliphatic rings. The maximum absolute atomic E-state index is 12.4. The van der Waals surface area contributed by atoms with Crippen LogP contribution in [-0.4, -0.2) is 38.5 Å². The average molecular weight is 290 g/mol. The quantitative estimate of drug-likeness (QED) is 0.855. The minimum atomic E-state index is -0.128. The summed E-state index contributed by atoms with van der Waals surface area (Å²) < 4.78 is 12.5. The number of hydrogen-bond acceptors (Lipinski definition) is 5. The lowest BCUT2D eigenvalue weighted by Crippen LogP contribution is -2.41. The fourth-order valence-electron chi connectivity index (χ4n) is 2.62. The molecule has 1 unspecified atom stereocenters. The van der Waals surface area contributed by atoms with E-state index in [1.54, 1.807) is 4.90 Å². The Labute approximate surface area is 122 Å². The zero-order chi connectivity index (χ0) is 14.8. The van der Waals surface area contributed by atoms with E-state index in [-0.39, 0.29) is 11.9 Å². The number of carbonyl (C=O) groups is 1. The summed E-state index contributed by atoms with van der Waals surface area (Å²) >= 11 is 0. The standard InChI is InChI=1S/C14H18N4O3/c1-3-20-7-11-6-15-13-10(2)17(4-5-18(11)13)14(19)12-8-21-9-16-12/h6,8-10H,3-5,7H2,1-2H3. The maximum Gasteiger partial charge on any atom is 0.276 e. The van der Waals surface area contributed by atoms with Crippen LogP contribution in [0.2, 0.25) is 0 Å². The first-order chi connectivity index (χ1) is 10.2. The Morgan fingerprint density at radius 3 is 3.05 bits per heavy atom. The molecule has 0 saturated heterocycles. The minimum Gasteiger partial charge on any atom is -0.451 e. The molecule has 0 spiro atoms. The van der Waals surface area contributed by atoms with Crippen LogP contribution < -0.4 is 0 Å². The summed E-state index contributed by atoms with van der Waals surface area (Å²) in [6.45, 7) is 6.50. The van der Waals surface area contributed by atoms with Crippen LogP contribution in [0.25, 0.3) is 0 Å². The number of imidazole rings is 1. The van der Waals surface area contributed by atoms with Gasteiger partial charge in [-0.3, -0.25) is 4.79 Å². The molecule has 7 nitrogen and oxygen atoms in total. The Kier molecular flexibility index (Phi) is 3.74. The highest BCUT2D eigenvalue weighted by Gasteiger charge is 2.31. The van der Waals surface area contributed by atoms with Gasteiger partial charge >= 0.3 is 0 Å². The van der Waals surface area contributed by atoms with E-state index in [0.717, 1.165) is 11.5 Å². The lowest BCUT2D eigenvalue weighted by Gasteiger charge is -2.33. The summed E-state index contributed by atoms with van der Waals surface area (Å²) in [6.07, 6.45) is 4.46. The molecule has 112 valence electrons. The third-order valence-electron chi connectivity index (χ3n) is 3.74. The van der Waals surface area contributed by atoms with Gasteiger partial charge in [-0.1, -0.05) is 0 Å². The highest BCUT2D eigenvalue weighted by molar-refractivity contribution is 5.92. The normalized spacial score (nSPS) is 17.8. The van der Waals surface area contributed by atoms with Gasteiger partial charge in [0, 0.05) is 19.7 Å². The van der Waals surface area contributed by atoms with Crippen LogP contribution in [0.5, 0.6) is 0 Å².